The summed E-state index contributed by atoms with van der Waals surface area (Å²) in [5.74, 6) is -1.52. The molecule has 1 aromatic carbocycles. The molecule has 1 N–H and O–H groups in total. The van der Waals surface area contributed by atoms with Crippen molar-refractivity contribution < 1.29 is 22.3 Å². The number of aryl methyl sites for hydroxylation is 1. The number of esters is 1. The Balaban J connectivity index is 2.79. The molecule has 22 heavy (non-hydrogen) atoms. The molecule has 0 aliphatic carbocycles. The molecule has 0 fully saturated rings. The Bertz CT molecular complexity index is 827. The summed E-state index contributed by atoms with van der Waals surface area (Å²) in [5.41, 5.74) is 0.284. The molecule has 0 bridgehead atoms. The molecule has 0 atom stereocenters. The highest BCUT2D eigenvalue weighted by Crippen LogP contribution is 2.33. The molecule has 0 aliphatic heterocycles. The molecule has 0 unspecified atom stereocenters. The van der Waals surface area contributed by atoms with Crippen LogP contribution < -0.4 is 4.72 Å². The minimum Gasteiger partial charge on any atom is -0.461 e. The van der Waals surface area contributed by atoms with Crippen LogP contribution in [-0.4, -0.2) is 31.3 Å². The Morgan fingerprint density at radius 1 is 1.36 bits per heavy atom. The minimum absolute atomic E-state index is 0.0287. The number of hydrogen-bond acceptors (Lipinski definition) is 4. The van der Waals surface area contributed by atoms with E-state index in [4.69, 9.17) is 4.74 Å². The molecule has 0 saturated carbocycles. The van der Waals surface area contributed by atoms with Crippen LogP contribution in [0.5, 0.6) is 0 Å². The summed E-state index contributed by atoms with van der Waals surface area (Å²) in [4.78, 5) is 12.1. The van der Waals surface area contributed by atoms with E-state index in [9.17, 15) is 17.6 Å². The first kappa shape index (κ1) is 16.3. The molecule has 0 radical (unpaired) electrons. The van der Waals surface area contributed by atoms with Gasteiger partial charge in [-0.1, -0.05) is 6.07 Å². The molecule has 120 valence electrons. The number of sulfonamides is 1. The maximum atomic E-state index is 14.2. The van der Waals surface area contributed by atoms with Gasteiger partial charge in [0, 0.05) is 7.05 Å². The summed E-state index contributed by atoms with van der Waals surface area (Å²) in [6.07, 6.45) is 0. The average molecular weight is 328 g/mol. The molecule has 0 amide bonds. The number of nitrogens with zero attached hydrogens (tertiary/aromatic N) is 1. The van der Waals surface area contributed by atoms with Crippen molar-refractivity contribution in [3.8, 4) is 0 Å². The molecule has 1 heterocycles. The van der Waals surface area contributed by atoms with Gasteiger partial charge in [-0.25, -0.2) is 17.6 Å². The highest BCUT2D eigenvalue weighted by atomic mass is 32.2. The van der Waals surface area contributed by atoms with Gasteiger partial charge in [0.25, 0.3) is 0 Å². The highest BCUT2D eigenvalue weighted by molar-refractivity contribution is 7.92. The Morgan fingerprint density at radius 3 is 2.64 bits per heavy atom. The molecule has 6 nitrogen and oxygen atoms in total. The van der Waals surface area contributed by atoms with Crippen molar-refractivity contribution >= 4 is 32.6 Å². The SMILES string of the molecule is CCOC(=O)c1c(NS(=O)(=O)CC)c2c(F)cccc2n1C. The summed E-state index contributed by atoms with van der Waals surface area (Å²) in [5, 5.41) is 0.0464. The van der Waals surface area contributed by atoms with Gasteiger partial charge in [0.05, 0.1) is 29.0 Å². The number of halogens is 1. The number of fused-ring (bicyclic) bond motifs is 1. The van der Waals surface area contributed by atoms with Crippen LogP contribution in [0.3, 0.4) is 0 Å². The first-order valence-corrected chi connectivity index (χ1v) is 8.42. The second-order valence-corrected chi connectivity index (χ2v) is 6.65. The highest BCUT2D eigenvalue weighted by Gasteiger charge is 2.26. The van der Waals surface area contributed by atoms with Gasteiger partial charge in [0.2, 0.25) is 10.0 Å². The van der Waals surface area contributed by atoms with Gasteiger partial charge in [-0.2, -0.15) is 0 Å². The summed E-state index contributed by atoms with van der Waals surface area (Å²) in [7, 11) is -2.12. The Labute approximate surface area is 127 Å². The van der Waals surface area contributed by atoms with Crippen LogP contribution in [0.1, 0.15) is 24.3 Å². The van der Waals surface area contributed by atoms with E-state index in [0.29, 0.717) is 5.52 Å². The van der Waals surface area contributed by atoms with Crippen LogP contribution >= 0.6 is 0 Å². The number of carbonyl (C=O) groups excluding carboxylic acids is 1. The minimum atomic E-state index is -3.68. The van der Waals surface area contributed by atoms with Crippen molar-refractivity contribution in [3.63, 3.8) is 0 Å². The molecule has 0 saturated heterocycles. The number of benzene rings is 1. The Morgan fingerprint density at radius 2 is 2.05 bits per heavy atom. The van der Waals surface area contributed by atoms with E-state index in [0.717, 1.165) is 0 Å². The molecular formula is C14H17FN2O4S. The van der Waals surface area contributed by atoms with Crippen LogP contribution in [0.25, 0.3) is 10.9 Å². The topological polar surface area (TPSA) is 77.4 Å². The van der Waals surface area contributed by atoms with Crippen molar-refractivity contribution in [2.24, 2.45) is 7.05 Å². The van der Waals surface area contributed by atoms with Gasteiger partial charge in [0.15, 0.2) is 5.69 Å². The Hall–Kier alpha value is -2.09. The number of ether oxygens (including phenoxy) is 1. The molecule has 0 spiro atoms. The summed E-state index contributed by atoms with van der Waals surface area (Å²) < 4.78 is 46.6. The lowest BCUT2D eigenvalue weighted by molar-refractivity contribution is 0.0517. The van der Waals surface area contributed by atoms with Crippen LogP contribution in [-0.2, 0) is 21.8 Å². The first-order valence-electron chi connectivity index (χ1n) is 6.76. The van der Waals surface area contributed by atoms with E-state index in [-0.39, 0.29) is 29.1 Å². The second-order valence-electron chi connectivity index (χ2n) is 4.64. The molecular weight excluding hydrogens is 311 g/mol. The van der Waals surface area contributed by atoms with Gasteiger partial charge < -0.3 is 9.30 Å². The van der Waals surface area contributed by atoms with E-state index >= 15 is 0 Å². The lowest BCUT2D eigenvalue weighted by Crippen LogP contribution is -2.18. The fourth-order valence-electron chi connectivity index (χ4n) is 2.21. The largest absolute Gasteiger partial charge is 0.461 e. The molecule has 1 aromatic heterocycles. The number of carbonyl (C=O) groups is 1. The van der Waals surface area contributed by atoms with Crippen molar-refractivity contribution in [2.75, 3.05) is 17.1 Å². The van der Waals surface area contributed by atoms with Crippen molar-refractivity contribution in [1.82, 2.24) is 4.57 Å². The maximum absolute atomic E-state index is 14.2. The number of hydrogen-bond donors (Lipinski definition) is 1. The quantitative estimate of drug-likeness (QED) is 0.854. The second kappa shape index (κ2) is 5.96. The number of aromatic nitrogens is 1. The van der Waals surface area contributed by atoms with Crippen molar-refractivity contribution in [1.29, 1.82) is 0 Å². The monoisotopic (exact) mass is 328 g/mol. The first-order chi connectivity index (χ1) is 10.3. The van der Waals surface area contributed by atoms with Crippen LogP contribution in [0.4, 0.5) is 10.1 Å². The van der Waals surface area contributed by atoms with Crippen molar-refractivity contribution in [3.05, 3.63) is 29.7 Å². The molecule has 0 aliphatic rings. The van der Waals surface area contributed by atoms with Gasteiger partial charge >= 0.3 is 5.97 Å². The molecule has 2 rings (SSSR count). The van der Waals surface area contributed by atoms with Crippen LogP contribution in [0.15, 0.2) is 18.2 Å². The number of nitrogens with one attached hydrogen (secondary N) is 1. The lowest BCUT2D eigenvalue weighted by atomic mass is 10.2. The third kappa shape index (κ3) is 2.78. The third-order valence-electron chi connectivity index (χ3n) is 3.28. The standard InChI is InChI=1S/C14H17FN2O4S/c1-4-21-14(18)13-12(16-22(19,20)5-2)11-9(15)7-6-8-10(11)17(13)3/h6-8,16H,4-5H2,1-3H3. The third-order valence-corrected chi connectivity index (χ3v) is 4.56. The van der Waals surface area contributed by atoms with E-state index in [2.05, 4.69) is 4.72 Å². The zero-order valence-corrected chi connectivity index (χ0v) is 13.3. The predicted molar refractivity (Wildman–Crippen MR) is 81.9 cm³/mol. The van der Waals surface area contributed by atoms with Gasteiger partial charge in [-0.3, -0.25) is 4.72 Å². The zero-order valence-electron chi connectivity index (χ0n) is 12.5. The van der Waals surface area contributed by atoms with E-state index in [1.165, 1.54) is 23.6 Å². The van der Waals surface area contributed by atoms with Gasteiger partial charge in [0.1, 0.15) is 5.82 Å². The van der Waals surface area contributed by atoms with Crippen molar-refractivity contribution in [2.45, 2.75) is 13.8 Å². The van der Waals surface area contributed by atoms with Crippen LogP contribution in [0, 0.1) is 5.82 Å². The smallest absolute Gasteiger partial charge is 0.357 e. The van der Waals surface area contributed by atoms with Gasteiger partial charge in [-0.15, -0.1) is 0 Å². The van der Waals surface area contributed by atoms with Crippen LogP contribution in [0.2, 0.25) is 0 Å². The summed E-state index contributed by atoms with van der Waals surface area (Å²) in [6, 6.07) is 4.30. The van der Waals surface area contributed by atoms with Gasteiger partial charge in [-0.05, 0) is 26.0 Å². The normalized spacial score (nSPS) is 11.6. The molecule has 8 heteroatoms. The molecule has 2 aromatic rings. The fourth-order valence-corrected chi connectivity index (χ4v) is 2.87. The lowest BCUT2D eigenvalue weighted by Gasteiger charge is -2.09. The average Bonchev–Trinajstić information content (AvgIpc) is 2.73. The number of anilines is 1. The summed E-state index contributed by atoms with van der Waals surface area (Å²) in [6.45, 7) is 3.22. The van der Waals surface area contributed by atoms with E-state index in [1.807, 2.05) is 0 Å². The fraction of sp³-hybridized carbons (Fsp3) is 0.357. The maximum Gasteiger partial charge on any atom is 0.357 e. The van der Waals surface area contributed by atoms with E-state index < -0.39 is 21.8 Å². The Kier molecular flexibility index (Phi) is 4.41. The predicted octanol–water partition coefficient (Wildman–Crippen LogP) is 2.26. The van der Waals surface area contributed by atoms with E-state index in [1.54, 1.807) is 20.0 Å². The number of rotatable bonds is 5. The zero-order chi connectivity index (χ0) is 16.5. The summed E-state index contributed by atoms with van der Waals surface area (Å²) >= 11 is 0.